The lowest BCUT2D eigenvalue weighted by Gasteiger charge is -2.28. The van der Waals surface area contributed by atoms with Crippen molar-refractivity contribution in [2.75, 3.05) is 6.61 Å². The molecule has 0 amide bonds. The van der Waals surface area contributed by atoms with E-state index in [9.17, 15) is 0 Å². The highest BCUT2D eigenvalue weighted by molar-refractivity contribution is 9.09. The Kier molecular flexibility index (Phi) is 4.64. The quantitative estimate of drug-likeness (QED) is 0.681. The van der Waals surface area contributed by atoms with Crippen LogP contribution in [0.4, 0.5) is 0 Å². The Morgan fingerprint density at radius 1 is 1.10 bits per heavy atom. The summed E-state index contributed by atoms with van der Waals surface area (Å²) in [7, 11) is 0. The van der Waals surface area contributed by atoms with Crippen LogP contribution >= 0.6 is 15.9 Å². The second-order valence-electron chi connectivity index (χ2n) is 5.68. The van der Waals surface area contributed by atoms with E-state index in [2.05, 4.69) is 64.5 Å². The van der Waals surface area contributed by atoms with Crippen molar-refractivity contribution in [2.45, 2.75) is 31.0 Å². The maximum Gasteiger partial charge on any atom is 0.119 e. The number of hydrogen-bond donors (Lipinski definition) is 0. The van der Waals surface area contributed by atoms with E-state index < -0.39 is 0 Å². The van der Waals surface area contributed by atoms with E-state index in [4.69, 9.17) is 4.74 Å². The number of ether oxygens (including phenoxy) is 1. The van der Waals surface area contributed by atoms with Crippen LogP contribution in [0.15, 0.2) is 48.5 Å². The average molecular weight is 345 g/mol. The van der Waals surface area contributed by atoms with E-state index in [0.29, 0.717) is 10.7 Å². The molecule has 1 nitrogen and oxygen atoms in total. The summed E-state index contributed by atoms with van der Waals surface area (Å²) in [5.41, 5.74) is 4.40. The van der Waals surface area contributed by atoms with Gasteiger partial charge in [-0.05, 0) is 60.9 Å². The molecule has 1 aliphatic rings. The molecular formula is C19H21BrO. The highest BCUT2D eigenvalue weighted by Crippen LogP contribution is 2.39. The van der Waals surface area contributed by atoms with Gasteiger partial charge in [0.25, 0.3) is 0 Å². The fourth-order valence-electron chi connectivity index (χ4n) is 3.16. The van der Waals surface area contributed by atoms with Crippen molar-refractivity contribution in [1.82, 2.24) is 0 Å². The van der Waals surface area contributed by atoms with Crippen molar-refractivity contribution in [3.63, 3.8) is 0 Å². The topological polar surface area (TPSA) is 9.23 Å². The molecular weight excluding hydrogens is 324 g/mol. The summed E-state index contributed by atoms with van der Waals surface area (Å²) in [4.78, 5) is 0.418. The van der Waals surface area contributed by atoms with Crippen molar-refractivity contribution < 1.29 is 4.74 Å². The first kappa shape index (κ1) is 14.6. The molecule has 21 heavy (non-hydrogen) atoms. The Morgan fingerprint density at radius 3 is 2.52 bits per heavy atom. The third-order valence-corrected chi connectivity index (χ3v) is 5.58. The Morgan fingerprint density at radius 2 is 1.81 bits per heavy atom. The van der Waals surface area contributed by atoms with Gasteiger partial charge >= 0.3 is 0 Å². The van der Waals surface area contributed by atoms with Crippen LogP contribution < -0.4 is 4.74 Å². The minimum Gasteiger partial charge on any atom is -0.494 e. The maximum absolute atomic E-state index is 5.52. The zero-order valence-electron chi connectivity index (χ0n) is 12.4. The summed E-state index contributed by atoms with van der Waals surface area (Å²) in [6.07, 6.45) is 3.61. The predicted octanol–water partition coefficient (Wildman–Crippen LogP) is 5.33. The van der Waals surface area contributed by atoms with Gasteiger partial charge in [-0.1, -0.05) is 52.3 Å². The highest BCUT2D eigenvalue weighted by Gasteiger charge is 2.25. The summed E-state index contributed by atoms with van der Waals surface area (Å²) in [5, 5.41) is 0. The fourth-order valence-corrected chi connectivity index (χ4v) is 3.92. The molecule has 0 heterocycles. The first-order valence-corrected chi connectivity index (χ1v) is 8.63. The average Bonchev–Trinajstić information content (AvgIpc) is 2.55. The van der Waals surface area contributed by atoms with Crippen molar-refractivity contribution in [2.24, 2.45) is 5.92 Å². The minimum atomic E-state index is 0.418. The molecule has 2 atom stereocenters. The lowest BCUT2D eigenvalue weighted by atomic mass is 9.81. The molecule has 1 aliphatic carbocycles. The lowest BCUT2D eigenvalue weighted by Crippen LogP contribution is -2.18. The number of rotatable bonds is 4. The minimum absolute atomic E-state index is 0.418. The molecule has 3 rings (SSSR count). The van der Waals surface area contributed by atoms with E-state index in [0.717, 1.165) is 12.4 Å². The van der Waals surface area contributed by atoms with E-state index in [1.165, 1.54) is 36.0 Å². The number of benzene rings is 2. The van der Waals surface area contributed by atoms with Crippen molar-refractivity contribution >= 4 is 15.9 Å². The number of hydrogen-bond acceptors (Lipinski definition) is 1. The molecule has 2 heteroatoms. The van der Waals surface area contributed by atoms with Crippen LogP contribution in [0, 0.1) is 5.92 Å². The molecule has 0 aliphatic heterocycles. The second-order valence-corrected chi connectivity index (χ2v) is 6.66. The number of halogens is 1. The third-order valence-electron chi connectivity index (χ3n) is 4.31. The van der Waals surface area contributed by atoms with Crippen LogP contribution in [0.25, 0.3) is 0 Å². The van der Waals surface area contributed by atoms with Gasteiger partial charge < -0.3 is 4.74 Å². The monoisotopic (exact) mass is 344 g/mol. The van der Waals surface area contributed by atoms with Gasteiger partial charge in [-0.25, -0.2) is 0 Å². The second kappa shape index (κ2) is 6.65. The Hall–Kier alpha value is -1.28. The van der Waals surface area contributed by atoms with Gasteiger partial charge in [0.2, 0.25) is 0 Å². The van der Waals surface area contributed by atoms with Crippen LogP contribution in [-0.4, -0.2) is 6.61 Å². The molecule has 0 saturated heterocycles. The zero-order valence-corrected chi connectivity index (χ0v) is 14.0. The van der Waals surface area contributed by atoms with Crippen LogP contribution in [0.1, 0.15) is 34.9 Å². The van der Waals surface area contributed by atoms with Gasteiger partial charge in [-0.15, -0.1) is 0 Å². The van der Waals surface area contributed by atoms with Crippen molar-refractivity contribution in [3.05, 3.63) is 65.2 Å². The molecule has 2 aromatic rings. The molecule has 0 radical (unpaired) electrons. The van der Waals surface area contributed by atoms with Gasteiger partial charge in [-0.2, -0.15) is 0 Å². The van der Waals surface area contributed by atoms with Crippen molar-refractivity contribution in [1.29, 1.82) is 0 Å². The Bertz CT molecular complexity index is 591. The zero-order chi connectivity index (χ0) is 14.7. The highest BCUT2D eigenvalue weighted by atomic mass is 79.9. The Labute approximate surface area is 135 Å². The Balaban J connectivity index is 1.72. The molecule has 0 saturated carbocycles. The summed E-state index contributed by atoms with van der Waals surface area (Å²) in [6, 6.07) is 17.4. The maximum atomic E-state index is 5.52. The van der Waals surface area contributed by atoms with Crippen molar-refractivity contribution in [3.8, 4) is 5.75 Å². The van der Waals surface area contributed by atoms with Gasteiger partial charge in [0, 0.05) is 4.83 Å². The third kappa shape index (κ3) is 3.32. The van der Waals surface area contributed by atoms with E-state index >= 15 is 0 Å². The van der Waals surface area contributed by atoms with Gasteiger partial charge in [0.15, 0.2) is 0 Å². The van der Waals surface area contributed by atoms with Crippen LogP contribution in [0.3, 0.4) is 0 Å². The summed E-state index contributed by atoms with van der Waals surface area (Å²) >= 11 is 3.92. The van der Waals surface area contributed by atoms with Crippen LogP contribution in [0.2, 0.25) is 0 Å². The first-order chi connectivity index (χ1) is 10.3. The number of alkyl halides is 1. The molecule has 2 unspecified atom stereocenters. The molecule has 0 N–H and O–H groups in total. The van der Waals surface area contributed by atoms with Gasteiger partial charge in [0.1, 0.15) is 5.75 Å². The van der Waals surface area contributed by atoms with Gasteiger partial charge in [0.05, 0.1) is 6.61 Å². The molecule has 0 bridgehead atoms. The normalized spacial score (nSPS) is 18.9. The van der Waals surface area contributed by atoms with Gasteiger partial charge in [-0.3, -0.25) is 0 Å². The fraction of sp³-hybridized carbons (Fsp3) is 0.368. The summed E-state index contributed by atoms with van der Waals surface area (Å²) in [6.45, 7) is 2.73. The number of fused-ring (bicyclic) bond motifs is 1. The smallest absolute Gasteiger partial charge is 0.119 e. The predicted molar refractivity (Wildman–Crippen MR) is 91.2 cm³/mol. The van der Waals surface area contributed by atoms with Crippen LogP contribution in [0.5, 0.6) is 5.75 Å². The standard InChI is InChI=1S/C19H21BrO/c1-2-21-18-11-9-15(10-12-18)19(20)17-8-7-14-5-3-4-6-16(14)13-17/h3-6,9-12,17,19H,2,7-8,13H2,1H3. The molecule has 110 valence electrons. The summed E-state index contributed by atoms with van der Waals surface area (Å²) < 4.78 is 5.52. The van der Waals surface area contributed by atoms with E-state index in [-0.39, 0.29) is 0 Å². The molecule has 0 aromatic heterocycles. The molecule has 2 aromatic carbocycles. The molecule has 0 spiro atoms. The first-order valence-electron chi connectivity index (χ1n) is 7.71. The largest absolute Gasteiger partial charge is 0.494 e. The van der Waals surface area contributed by atoms with E-state index in [1.54, 1.807) is 0 Å². The SMILES string of the molecule is CCOc1ccc(C(Br)C2CCc3ccccc3C2)cc1. The molecule has 0 fully saturated rings. The lowest BCUT2D eigenvalue weighted by molar-refractivity contribution is 0.340. The van der Waals surface area contributed by atoms with E-state index in [1.807, 2.05) is 6.92 Å². The van der Waals surface area contributed by atoms with Crippen LogP contribution in [-0.2, 0) is 12.8 Å². The number of aryl methyl sites for hydroxylation is 1. The summed E-state index contributed by atoms with van der Waals surface area (Å²) in [5.74, 6) is 1.62.